The van der Waals surface area contributed by atoms with Crippen molar-refractivity contribution in [3.8, 4) is 0 Å². The van der Waals surface area contributed by atoms with Gasteiger partial charge in [-0.25, -0.2) is 4.99 Å². The molecule has 0 bridgehead atoms. The summed E-state index contributed by atoms with van der Waals surface area (Å²) in [5.41, 5.74) is 0. The standard InChI is InChI=1S/C21H24N6OS2/c1-14-25-26-20(27(14)2)13-24-21(22-11-16-7-5-9-29-16)23-12-17(28)19-10-15-6-3-4-8-18(15)30-19/h3-10,17,28H,11-13H2,1-2H3,(H2,22,23,24). The van der Waals surface area contributed by atoms with Crippen molar-refractivity contribution in [1.29, 1.82) is 0 Å². The molecule has 7 nitrogen and oxygen atoms in total. The molecule has 1 aromatic carbocycles. The third-order valence-corrected chi connectivity index (χ3v) is 6.90. The summed E-state index contributed by atoms with van der Waals surface area (Å²) in [6.45, 7) is 3.34. The molecule has 4 rings (SSSR count). The first-order valence-corrected chi connectivity index (χ1v) is 11.4. The van der Waals surface area contributed by atoms with E-state index in [-0.39, 0.29) is 0 Å². The smallest absolute Gasteiger partial charge is 0.192 e. The molecule has 0 fully saturated rings. The number of aromatic nitrogens is 3. The number of hydrogen-bond acceptors (Lipinski definition) is 6. The Morgan fingerprint density at radius 2 is 2.07 bits per heavy atom. The van der Waals surface area contributed by atoms with Crippen LogP contribution in [0.15, 0.2) is 52.8 Å². The summed E-state index contributed by atoms with van der Waals surface area (Å²) in [6, 6.07) is 14.3. The number of aliphatic hydroxyl groups is 1. The van der Waals surface area contributed by atoms with Crippen molar-refractivity contribution in [1.82, 2.24) is 25.4 Å². The summed E-state index contributed by atoms with van der Waals surface area (Å²) >= 11 is 3.30. The number of aliphatic hydroxyl groups excluding tert-OH is 1. The highest BCUT2D eigenvalue weighted by Crippen LogP contribution is 2.29. The Morgan fingerprint density at radius 3 is 2.80 bits per heavy atom. The van der Waals surface area contributed by atoms with E-state index in [1.165, 1.54) is 9.58 Å². The Morgan fingerprint density at radius 1 is 1.20 bits per heavy atom. The van der Waals surface area contributed by atoms with Crippen molar-refractivity contribution >= 4 is 38.7 Å². The average Bonchev–Trinajstić information content (AvgIpc) is 3.49. The number of aliphatic imine (C=N–C) groups is 1. The summed E-state index contributed by atoms with van der Waals surface area (Å²) < 4.78 is 3.10. The highest BCUT2D eigenvalue weighted by molar-refractivity contribution is 7.19. The number of aryl methyl sites for hydroxylation is 1. The van der Waals surface area contributed by atoms with Crippen LogP contribution in [0.2, 0.25) is 0 Å². The van der Waals surface area contributed by atoms with Crippen molar-refractivity contribution in [2.24, 2.45) is 12.0 Å². The van der Waals surface area contributed by atoms with Gasteiger partial charge in [0.1, 0.15) is 18.5 Å². The molecular weight excluding hydrogens is 416 g/mol. The maximum atomic E-state index is 10.7. The number of nitrogens with zero attached hydrogens (tertiary/aromatic N) is 4. The quantitative estimate of drug-likeness (QED) is 0.303. The van der Waals surface area contributed by atoms with E-state index in [1.54, 1.807) is 22.7 Å². The topological polar surface area (TPSA) is 87.4 Å². The van der Waals surface area contributed by atoms with Crippen molar-refractivity contribution in [3.05, 3.63) is 69.2 Å². The zero-order valence-corrected chi connectivity index (χ0v) is 18.5. The normalized spacial score (nSPS) is 13.0. The molecule has 0 radical (unpaired) electrons. The van der Waals surface area contributed by atoms with Crippen LogP contribution in [0.4, 0.5) is 0 Å². The molecule has 0 aliphatic heterocycles. The molecule has 3 heterocycles. The van der Waals surface area contributed by atoms with Gasteiger partial charge in [-0.3, -0.25) is 0 Å². The van der Waals surface area contributed by atoms with Crippen LogP contribution >= 0.6 is 22.7 Å². The molecule has 0 aliphatic rings. The van der Waals surface area contributed by atoms with Gasteiger partial charge in [-0.1, -0.05) is 24.3 Å². The van der Waals surface area contributed by atoms with E-state index in [9.17, 15) is 5.11 Å². The fourth-order valence-corrected chi connectivity index (χ4v) is 4.65. The van der Waals surface area contributed by atoms with Gasteiger partial charge < -0.3 is 20.3 Å². The molecule has 3 aromatic heterocycles. The van der Waals surface area contributed by atoms with E-state index in [4.69, 9.17) is 0 Å². The molecule has 0 amide bonds. The molecule has 0 saturated carbocycles. The monoisotopic (exact) mass is 440 g/mol. The third kappa shape index (κ3) is 4.86. The largest absolute Gasteiger partial charge is 0.386 e. The van der Waals surface area contributed by atoms with Gasteiger partial charge in [-0.05, 0) is 35.9 Å². The predicted molar refractivity (Wildman–Crippen MR) is 123 cm³/mol. The second-order valence-electron chi connectivity index (χ2n) is 6.90. The average molecular weight is 441 g/mol. The van der Waals surface area contributed by atoms with E-state index in [0.717, 1.165) is 21.9 Å². The molecule has 156 valence electrons. The maximum absolute atomic E-state index is 10.7. The molecule has 0 saturated heterocycles. The Balaban J connectivity index is 1.43. The van der Waals surface area contributed by atoms with Crippen molar-refractivity contribution < 1.29 is 5.11 Å². The van der Waals surface area contributed by atoms with Crippen LogP contribution in [-0.4, -0.2) is 32.4 Å². The summed E-state index contributed by atoms with van der Waals surface area (Å²) in [6.07, 6.45) is -0.617. The summed E-state index contributed by atoms with van der Waals surface area (Å²) in [4.78, 5) is 6.79. The van der Waals surface area contributed by atoms with Crippen LogP contribution in [0.3, 0.4) is 0 Å². The summed E-state index contributed by atoms with van der Waals surface area (Å²) in [5, 5.41) is 28.7. The fourth-order valence-electron chi connectivity index (χ4n) is 2.96. The van der Waals surface area contributed by atoms with Gasteiger partial charge >= 0.3 is 0 Å². The van der Waals surface area contributed by atoms with Gasteiger partial charge in [0.25, 0.3) is 0 Å². The van der Waals surface area contributed by atoms with Crippen LogP contribution in [0, 0.1) is 6.92 Å². The number of thiophene rings is 2. The molecule has 4 aromatic rings. The van der Waals surface area contributed by atoms with Gasteiger partial charge in [0.05, 0.1) is 6.54 Å². The van der Waals surface area contributed by atoms with Crippen LogP contribution in [0.25, 0.3) is 10.1 Å². The van der Waals surface area contributed by atoms with Gasteiger partial charge in [0, 0.05) is 28.0 Å². The number of rotatable bonds is 7. The fraction of sp³-hybridized carbons (Fsp3) is 0.286. The summed E-state index contributed by atoms with van der Waals surface area (Å²) in [7, 11) is 1.93. The Hall–Kier alpha value is -2.75. The lowest BCUT2D eigenvalue weighted by Crippen LogP contribution is -2.39. The molecule has 1 atom stereocenters. The van der Waals surface area contributed by atoms with Gasteiger partial charge in [0.15, 0.2) is 11.8 Å². The zero-order valence-electron chi connectivity index (χ0n) is 16.9. The Bertz CT molecular complexity index is 1100. The zero-order chi connectivity index (χ0) is 20.9. The van der Waals surface area contributed by atoms with Crippen LogP contribution in [-0.2, 0) is 20.1 Å². The minimum atomic E-state index is -0.617. The molecule has 3 N–H and O–H groups in total. The third-order valence-electron chi connectivity index (χ3n) is 4.81. The molecular formula is C21H24N6OS2. The van der Waals surface area contributed by atoms with E-state index < -0.39 is 6.10 Å². The number of benzene rings is 1. The number of guanidine groups is 1. The van der Waals surface area contributed by atoms with Crippen molar-refractivity contribution in [3.63, 3.8) is 0 Å². The van der Waals surface area contributed by atoms with Crippen molar-refractivity contribution in [2.75, 3.05) is 6.54 Å². The van der Waals surface area contributed by atoms with Crippen LogP contribution in [0.5, 0.6) is 0 Å². The first kappa shape index (κ1) is 20.5. The Kier molecular flexibility index (Phi) is 6.41. The second kappa shape index (κ2) is 9.38. The number of nitrogens with one attached hydrogen (secondary N) is 2. The summed E-state index contributed by atoms with van der Waals surface area (Å²) in [5.74, 6) is 2.26. The van der Waals surface area contributed by atoms with E-state index in [1.807, 2.05) is 42.8 Å². The molecule has 0 spiro atoms. The van der Waals surface area contributed by atoms with Crippen LogP contribution < -0.4 is 10.6 Å². The predicted octanol–water partition coefficient (Wildman–Crippen LogP) is 3.37. The van der Waals surface area contributed by atoms with Gasteiger partial charge in [0.2, 0.25) is 0 Å². The maximum Gasteiger partial charge on any atom is 0.192 e. The van der Waals surface area contributed by atoms with Crippen LogP contribution in [0.1, 0.15) is 27.5 Å². The SMILES string of the molecule is Cc1nnc(CN=C(NCc2cccs2)NCC(O)c2cc3ccccc3s2)n1C. The number of fused-ring (bicyclic) bond motifs is 1. The number of hydrogen-bond donors (Lipinski definition) is 3. The van der Waals surface area contributed by atoms with E-state index in [2.05, 4.69) is 49.4 Å². The lowest BCUT2D eigenvalue weighted by atomic mass is 10.2. The minimum Gasteiger partial charge on any atom is -0.386 e. The second-order valence-corrected chi connectivity index (χ2v) is 9.05. The first-order valence-electron chi connectivity index (χ1n) is 9.66. The van der Waals surface area contributed by atoms with Gasteiger partial charge in [-0.15, -0.1) is 32.9 Å². The van der Waals surface area contributed by atoms with E-state index in [0.29, 0.717) is 25.6 Å². The van der Waals surface area contributed by atoms with Crippen molar-refractivity contribution in [2.45, 2.75) is 26.1 Å². The first-order chi connectivity index (χ1) is 14.6. The lowest BCUT2D eigenvalue weighted by molar-refractivity contribution is 0.184. The van der Waals surface area contributed by atoms with Gasteiger partial charge in [-0.2, -0.15) is 0 Å². The molecule has 1 unspecified atom stereocenters. The molecule has 30 heavy (non-hydrogen) atoms. The minimum absolute atomic E-state index is 0.362. The molecule has 9 heteroatoms. The van der Waals surface area contributed by atoms with E-state index >= 15 is 0 Å². The molecule has 0 aliphatic carbocycles. The highest BCUT2D eigenvalue weighted by Gasteiger charge is 2.13. The highest BCUT2D eigenvalue weighted by atomic mass is 32.1. The Labute approximate surface area is 183 Å². The lowest BCUT2D eigenvalue weighted by Gasteiger charge is -2.15.